The van der Waals surface area contributed by atoms with Gasteiger partial charge in [-0.15, -0.1) is 0 Å². The Hall–Kier alpha value is -0.500. The summed E-state index contributed by atoms with van der Waals surface area (Å²) in [7, 11) is -4.11. The van der Waals surface area contributed by atoms with Crippen molar-refractivity contribution in [2.45, 2.75) is 0 Å². The molecule has 0 bridgehead atoms. The third kappa shape index (κ3) is 9.59. The highest BCUT2D eigenvalue weighted by atomic mass is 31.2. The molecule has 0 unspecified atom stereocenters. The Balaban J connectivity index is 3.41. The van der Waals surface area contributed by atoms with Gasteiger partial charge in [0.2, 0.25) is 0 Å². The second-order valence-corrected chi connectivity index (χ2v) is 4.05. The van der Waals surface area contributed by atoms with Crippen LogP contribution in [-0.4, -0.2) is 41.7 Å². The first-order chi connectivity index (χ1) is 6.45. The van der Waals surface area contributed by atoms with Gasteiger partial charge in [0.15, 0.2) is 0 Å². The number of nitrogens with two attached hydrogens (primary N) is 1. The maximum absolute atomic E-state index is 10.8. The zero-order valence-electron chi connectivity index (χ0n) is 7.47. The minimum Gasteiger partial charge on any atom is -0.369 e. The van der Waals surface area contributed by atoms with Crippen LogP contribution < -0.4 is 16.5 Å². The summed E-state index contributed by atoms with van der Waals surface area (Å²) in [6.45, 7) is 0.371. The second-order valence-electron chi connectivity index (χ2n) is 2.41. The molecule has 0 radical (unpaired) electrons. The van der Waals surface area contributed by atoms with Crippen LogP contribution in [0.2, 0.25) is 0 Å². The smallest absolute Gasteiger partial charge is 0.339 e. The Kier molecular flexibility index (Phi) is 6.64. The predicted molar refractivity (Wildman–Crippen MR) is 48.1 cm³/mol. The largest absolute Gasteiger partial charge is 0.369 e. The van der Waals surface area contributed by atoms with E-state index in [0.29, 0.717) is 13.1 Å². The van der Waals surface area contributed by atoms with Crippen LogP contribution in [0.25, 0.3) is 0 Å². The third-order valence-corrected chi connectivity index (χ3v) is 1.66. The average molecular weight is 227 g/mol. The molecule has 0 aliphatic heterocycles. The van der Waals surface area contributed by atoms with Crippen molar-refractivity contribution in [3.05, 3.63) is 0 Å². The zero-order valence-corrected chi connectivity index (χ0v) is 8.37. The van der Waals surface area contributed by atoms with Crippen molar-refractivity contribution >= 4 is 13.6 Å². The van der Waals surface area contributed by atoms with Crippen molar-refractivity contribution in [2.75, 3.05) is 25.9 Å². The average Bonchev–Trinajstić information content (AvgIpc) is 2.02. The van der Waals surface area contributed by atoms with Gasteiger partial charge in [-0.3, -0.25) is 9.88 Å². The summed E-state index contributed by atoms with van der Waals surface area (Å²) >= 11 is 0. The van der Waals surface area contributed by atoms with Gasteiger partial charge in [-0.05, 0) is 0 Å². The summed E-state index contributed by atoms with van der Waals surface area (Å²) in [5.41, 5.74) is 7.37. The lowest BCUT2D eigenvalue weighted by Gasteiger charge is -2.06. The molecule has 0 amide bonds. The molecular formula is C5H14N3O5P. The molecule has 0 fully saturated rings. The third-order valence-electron chi connectivity index (χ3n) is 1.02. The molecule has 0 heterocycles. The molecule has 6 N–H and O–H groups in total. The number of hydroxylamine groups is 1. The number of carbonyl (C=O) groups is 1. The van der Waals surface area contributed by atoms with E-state index in [9.17, 15) is 9.36 Å². The Morgan fingerprint density at radius 2 is 2.14 bits per heavy atom. The number of rotatable bonds is 7. The lowest BCUT2D eigenvalue weighted by Crippen LogP contribution is -2.32. The molecule has 0 saturated heterocycles. The lowest BCUT2D eigenvalue weighted by atomic mass is 10.7. The van der Waals surface area contributed by atoms with Crippen LogP contribution in [-0.2, 0) is 14.2 Å². The summed E-state index contributed by atoms with van der Waals surface area (Å²) in [6.07, 6.45) is -0.557. The summed E-state index contributed by atoms with van der Waals surface area (Å²) < 4.78 is 10.3. The first-order valence-corrected chi connectivity index (χ1v) is 5.63. The molecule has 0 aromatic heterocycles. The molecule has 0 aliphatic rings. The van der Waals surface area contributed by atoms with Crippen LogP contribution in [0.15, 0.2) is 0 Å². The standard InChI is InChI=1S/C5H14N3O5P/c6-1-2-8-13-5(9)3-7-4-14(10,11)12/h7-8H,1-4,6H2,(H2,10,11,12). The monoisotopic (exact) mass is 227 g/mol. The fourth-order valence-electron chi connectivity index (χ4n) is 0.530. The fraction of sp³-hybridized carbons (Fsp3) is 0.800. The fourth-order valence-corrected chi connectivity index (χ4v) is 0.933. The van der Waals surface area contributed by atoms with Gasteiger partial charge in [-0.25, -0.2) is 4.79 Å². The Morgan fingerprint density at radius 3 is 2.64 bits per heavy atom. The van der Waals surface area contributed by atoms with Gasteiger partial charge in [-0.1, -0.05) is 0 Å². The van der Waals surface area contributed by atoms with Crippen molar-refractivity contribution in [3.63, 3.8) is 0 Å². The van der Waals surface area contributed by atoms with E-state index >= 15 is 0 Å². The first-order valence-electron chi connectivity index (χ1n) is 3.83. The molecule has 14 heavy (non-hydrogen) atoms. The van der Waals surface area contributed by atoms with Gasteiger partial charge in [-0.2, -0.15) is 5.48 Å². The predicted octanol–water partition coefficient (Wildman–Crippen LogP) is -2.28. The molecule has 0 aliphatic carbocycles. The van der Waals surface area contributed by atoms with Crippen LogP contribution in [0.5, 0.6) is 0 Å². The molecule has 8 nitrogen and oxygen atoms in total. The molecule has 0 aromatic rings. The molecular weight excluding hydrogens is 213 g/mol. The highest BCUT2D eigenvalue weighted by molar-refractivity contribution is 7.51. The van der Waals surface area contributed by atoms with Crippen molar-refractivity contribution in [2.24, 2.45) is 5.73 Å². The number of nitrogens with one attached hydrogen (secondary N) is 2. The van der Waals surface area contributed by atoms with E-state index in [4.69, 9.17) is 15.5 Å². The van der Waals surface area contributed by atoms with Crippen molar-refractivity contribution in [1.82, 2.24) is 10.8 Å². The van der Waals surface area contributed by atoms with Crippen molar-refractivity contribution < 1.29 is 24.0 Å². The van der Waals surface area contributed by atoms with E-state index < -0.39 is 19.9 Å². The highest BCUT2D eigenvalue weighted by Gasteiger charge is 2.12. The van der Waals surface area contributed by atoms with E-state index in [1.54, 1.807) is 0 Å². The second kappa shape index (κ2) is 6.88. The molecule has 0 saturated carbocycles. The number of hydrogen-bond donors (Lipinski definition) is 5. The van der Waals surface area contributed by atoms with Gasteiger partial charge in [0.25, 0.3) is 0 Å². The Labute approximate surface area is 80.9 Å². The normalized spacial score (nSPS) is 11.4. The first kappa shape index (κ1) is 13.5. The minimum atomic E-state index is -4.11. The zero-order chi connectivity index (χ0) is 11.0. The highest BCUT2D eigenvalue weighted by Crippen LogP contribution is 2.31. The molecule has 0 atom stereocenters. The van der Waals surface area contributed by atoms with E-state index in [-0.39, 0.29) is 6.54 Å². The molecule has 0 aromatic carbocycles. The van der Waals surface area contributed by atoms with Crippen LogP contribution in [0.4, 0.5) is 0 Å². The summed E-state index contributed by atoms with van der Waals surface area (Å²) in [4.78, 5) is 32.0. The Bertz CT molecular complexity index is 217. The van der Waals surface area contributed by atoms with Crippen LogP contribution in [0.3, 0.4) is 0 Å². The molecule has 9 heteroatoms. The van der Waals surface area contributed by atoms with E-state index in [2.05, 4.69) is 15.6 Å². The van der Waals surface area contributed by atoms with Crippen LogP contribution >= 0.6 is 7.60 Å². The van der Waals surface area contributed by atoms with E-state index in [1.807, 2.05) is 0 Å². The molecule has 84 valence electrons. The van der Waals surface area contributed by atoms with Gasteiger partial charge < -0.3 is 20.4 Å². The minimum absolute atomic E-state index is 0.275. The van der Waals surface area contributed by atoms with Crippen molar-refractivity contribution in [1.29, 1.82) is 0 Å². The van der Waals surface area contributed by atoms with Crippen LogP contribution in [0.1, 0.15) is 0 Å². The maximum Gasteiger partial charge on any atom is 0.339 e. The van der Waals surface area contributed by atoms with Gasteiger partial charge in [0.05, 0.1) is 12.8 Å². The van der Waals surface area contributed by atoms with Crippen molar-refractivity contribution in [3.8, 4) is 0 Å². The summed E-state index contributed by atoms with van der Waals surface area (Å²) in [6, 6.07) is 0. The summed E-state index contributed by atoms with van der Waals surface area (Å²) in [5.74, 6) is -0.660. The lowest BCUT2D eigenvalue weighted by molar-refractivity contribution is -0.149. The SMILES string of the molecule is NCCNOC(=O)CNCP(=O)(O)O. The molecule has 0 rings (SSSR count). The van der Waals surface area contributed by atoms with Gasteiger partial charge in [0, 0.05) is 13.1 Å². The topological polar surface area (TPSA) is 134 Å². The number of hydrogen-bond acceptors (Lipinski definition) is 6. The van der Waals surface area contributed by atoms with Gasteiger partial charge in [0.1, 0.15) is 0 Å². The Morgan fingerprint density at radius 1 is 1.50 bits per heavy atom. The summed E-state index contributed by atoms with van der Waals surface area (Å²) in [5, 5.41) is 2.24. The maximum atomic E-state index is 10.8. The van der Waals surface area contributed by atoms with E-state index in [1.165, 1.54) is 0 Å². The van der Waals surface area contributed by atoms with Gasteiger partial charge >= 0.3 is 13.6 Å². The van der Waals surface area contributed by atoms with E-state index in [0.717, 1.165) is 0 Å². The number of carbonyl (C=O) groups excluding carboxylic acids is 1. The van der Waals surface area contributed by atoms with Crippen LogP contribution in [0, 0.1) is 0 Å². The molecule has 0 spiro atoms. The quantitative estimate of drug-likeness (QED) is 0.186.